The summed E-state index contributed by atoms with van der Waals surface area (Å²) in [6.07, 6.45) is 1.05. The van der Waals surface area contributed by atoms with Crippen molar-refractivity contribution in [1.82, 2.24) is 9.55 Å². The minimum absolute atomic E-state index is 0.435. The Kier molecular flexibility index (Phi) is 3.05. The van der Waals surface area contributed by atoms with E-state index in [2.05, 4.69) is 46.8 Å². The van der Waals surface area contributed by atoms with Gasteiger partial charge >= 0.3 is 0 Å². The summed E-state index contributed by atoms with van der Waals surface area (Å²) in [6.45, 7) is 2.59. The molecule has 0 saturated carbocycles. The SMILES string of the molecule is CCc1ccc(-n2c(CN)nc3ccccc32)cc1. The first-order valence-electron chi connectivity index (χ1n) is 6.59. The van der Waals surface area contributed by atoms with Crippen LogP contribution in [0.1, 0.15) is 18.3 Å². The molecule has 3 aromatic rings. The van der Waals surface area contributed by atoms with E-state index in [0.29, 0.717) is 6.54 Å². The Hall–Kier alpha value is -2.13. The highest BCUT2D eigenvalue weighted by molar-refractivity contribution is 5.78. The molecule has 1 aromatic heterocycles. The van der Waals surface area contributed by atoms with E-state index in [0.717, 1.165) is 29.0 Å². The zero-order valence-electron chi connectivity index (χ0n) is 11.0. The van der Waals surface area contributed by atoms with Crippen molar-refractivity contribution in [3.8, 4) is 5.69 Å². The van der Waals surface area contributed by atoms with E-state index in [1.54, 1.807) is 0 Å². The Morgan fingerprint density at radius 1 is 1.05 bits per heavy atom. The maximum absolute atomic E-state index is 5.82. The van der Waals surface area contributed by atoms with Crippen LogP contribution in [-0.2, 0) is 13.0 Å². The summed E-state index contributed by atoms with van der Waals surface area (Å²) in [5.41, 5.74) is 10.4. The van der Waals surface area contributed by atoms with Crippen molar-refractivity contribution >= 4 is 11.0 Å². The van der Waals surface area contributed by atoms with E-state index in [4.69, 9.17) is 5.73 Å². The molecular formula is C16H17N3. The zero-order chi connectivity index (χ0) is 13.2. The van der Waals surface area contributed by atoms with Crippen molar-refractivity contribution < 1.29 is 0 Å². The van der Waals surface area contributed by atoms with Crippen LogP contribution in [0.2, 0.25) is 0 Å². The maximum Gasteiger partial charge on any atom is 0.128 e. The highest BCUT2D eigenvalue weighted by atomic mass is 15.1. The van der Waals surface area contributed by atoms with Crippen molar-refractivity contribution in [3.05, 3.63) is 59.9 Å². The summed E-state index contributed by atoms with van der Waals surface area (Å²) in [4.78, 5) is 4.59. The van der Waals surface area contributed by atoms with Gasteiger partial charge in [0.15, 0.2) is 0 Å². The van der Waals surface area contributed by atoms with Gasteiger partial charge in [-0.2, -0.15) is 0 Å². The third kappa shape index (κ3) is 2.02. The number of aryl methyl sites for hydroxylation is 1. The molecule has 19 heavy (non-hydrogen) atoms. The Balaban J connectivity index is 2.21. The molecule has 2 N–H and O–H groups in total. The third-order valence-electron chi connectivity index (χ3n) is 3.42. The lowest BCUT2D eigenvalue weighted by atomic mass is 10.1. The summed E-state index contributed by atoms with van der Waals surface area (Å²) >= 11 is 0. The number of rotatable bonds is 3. The van der Waals surface area contributed by atoms with Gasteiger partial charge in [-0.25, -0.2) is 4.98 Å². The standard InChI is InChI=1S/C16H17N3/c1-2-12-7-9-13(10-8-12)19-15-6-4-3-5-14(15)18-16(19)11-17/h3-10H,2,11,17H2,1H3. The summed E-state index contributed by atoms with van der Waals surface area (Å²) in [5, 5.41) is 0. The van der Waals surface area contributed by atoms with Crippen LogP contribution in [0.4, 0.5) is 0 Å². The second-order valence-electron chi connectivity index (χ2n) is 4.58. The maximum atomic E-state index is 5.82. The summed E-state index contributed by atoms with van der Waals surface area (Å²) in [6, 6.07) is 16.7. The zero-order valence-corrected chi connectivity index (χ0v) is 11.0. The predicted molar refractivity (Wildman–Crippen MR) is 78.3 cm³/mol. The highest BCUT2D eigenvalue weighted by Gasteiger charge is 2.10. The first kappa shape index (κ1) is 11.9. The van der Waals surface area contributed by atoms with Gasteiger partial charge in [0, 0.05) is 5.69 Å². The minimum atomic E-state index is 0.435. The number of fused-ring (bicyclic) bond motifs is 1. The van der Waals surface area contributed by atoms with Gasteiger partial charge in [0.05, 0.1) is 17.6 Å². The molecule has 0 aliphatic rings. The van der Waals surface area contributed by atoms with Crippen LogP contribution in [0.15, 0.2) is 48.5 Å². The van der Waals surface area contributed by atoms with E-state index in [1.165, 1.54) is 5.56 Å². The first-order valence-corrected chi connectivity index (χ1v) is 6.59. The van der Waals surface area contributed by atoms with Crippen molar-refractivity contribution in [1.29, 1.82) is 0 Å². The van der Waals surface area contributed by atoms with Crippen molar-refractivity contribution in [3.63, 3.8) is 0 Å². The molecule has 3 rings (SSSR count). The van der Waals surface area contributed by atoms with Gasteiger partial charge in [0.2, 0.25) is 0 Å². The number of hydrogen-bond donors (Lipinski definition) is 1. The molecule has 0 aliphatic heterocycles. The number of para-hydroxylation sites is 2. The molecule has 0 radical (unpaired) electrons. The van der Waals surface area contributed by atoms with Crippen molar-refractivity contribution in [2.24, 2.45) is 5.73 Å². The summed E-state index contributed by atoms with van der Waals surface area (Å²) < 4.78 is 2.13. The average Bonchev–Trinajstić information content (AvgIpc) is 2.86. The van der Waals surface area contributed by atoms with Gasteiger partial charge in [-0.1, -0.05) is 31.2 Å². The fourth-order valence-corrected chi connectivity index (χ4v) is 2.38. The van der Waals surface area contributed by atoms with Crippen LogP contribution in [0.5, 0.6) is 0 Å². The minimum Gasteiger partial charge on any atom is -0.324 e. The molecule has 1 heterocycles. The van der Waals surface area contributed by atoms with Crippen LogP contribution in [0.3, 0.4) is 0 Å². The lowest BCUT2D eigenvalue weighted by Crippen LogP contribution is -2.06. The van der Waals surface area contributed by atoms with Crippen LogP contribution < -0.4 is 5.73 Å². The molecule has 0 aliphatic carbocycles. The monoisotopic (exact) mass is 251 g/mol. The molecule has 3 nitrogen and oxygen atoms in total. The van der Waals surface area contributed by atoms with Crippen molar-refractivity contribution in [2.45, 2.75) is 19.9 Å². The molecule has 0 bridgehead atoms. The smallest absolute Gasteiger partial charge is 0.128 e. The molecule has 3 heteroatoms. The van der Waals surface area contributed by atoms with Crippen LogP contribution >= 0.6 is 0 Å². The summed E-state index contributed by atoms with van der Waals surface area (Å²) in [5.74, 6) is 0.894. The summed E-state index contributed by atoms with van der Waals surface area (Å²) in [7, 11) is 0. The van der Waals surface area contributed by atoms with E-state index >= 15 is 0 Å². The largest absolute Gasteiger partial charge is 0.324 e. The average molecular weight is 251 g/mol. The molecule has 0 fully saturated rings. The molecular weight excluding hydrogens is 234 g/mol. The number of hydrogen-bond acceptors (Lipinski definition) is 2. The predicted octanol–water partition coefficient (Wildman–Crippen LogP) is 3.05. The Labute approximate surface area is 112 Å². The molecule has 0 atom stereocenters. The number of imidazole rings is 1. The van der Waals surface area contributed by atoms with Gasteiger partial charge < -0.3 is 5.73 Å². The fraction of sp³-hybridized carbons (Fsp3) is 0.188. The number of aromatic nitrogens is 2. The topological polar surface area (TPSA) is 43.8 Å². The Bertz CT molecular complexity index is 696. The van der Waals surface area contributed by atoms with Gasteiger partial charge in [0.1, 0.15) is 5.82 Å². The number of nitrogens with zero attached hydrogens (tertiary/aromatic N) is 2. The van der Waals surface area contributed by atoms with Gasteiger partial charge in [-0.05, 0) is 36.2 Å². The quantitative estimate of drug-likeness (QED) is 0.777. The lowest BCUT2D eigenvalue weighted by Gasteiger charge is -2.08. The van der Waals surface area contributed by atoms with E-state index in [-0.39, 0.29) is 0 Å². The molecule has 0 spiro atoms. The highest BCUT2D eigenvalue weighted by Crippen LogP contribution is 2.21. The van der Waals surface area contributed by atoms with Gasteiger partial charge in [-0.3, -0.25) is 4.57 Å². The van der Waals surface area contributed by atoms with Crippen molar-refractivity contribution in [2.75, 3.05) is 0 Å². The molecule has 0 saturated heterocycles. The third-order valence-corrected chi connectivity index (χ3v) is 3.42. The Morgan fingerprint density at radius 3 is 2.47 bits per heavy atom. The number of nitrogens with two attached hydrogens (primary N) is 1. The number of benzene rings is 2. The molecule has 0 amide bonds. The fourth-order valence-electron chi connectivity index (χ4n) is 2.38. The van der Waals surface area contributed by atoms with Crippen LogP contribution in [0, 0.1) is 0 Å². The first-order chi connectivity index (χ1) is 9.33. The van der Waals surface area contributed by atoms with Crippen LogP contribution in [0.25, 0.3) is 16.7 Å². The molecule has 2 aromatic carbocycles. The van der Waals surface area contributed by atoms with Crippen LogP contribution in [-0.4, -0.2) is 9.55 Å². The van der Waals surface area contributed by atoms with E-state index in [1.807, 2.05) is 18.2 Å². The van der Waals surface area contributed by atoms with E-state index < -0.39 is 0 Å². The molecule has 96 valence electrons. The Morgan fingerprint density at radius 2 is 1.79 bits per heavy atom. The van der Waals surface area contributed by atoms with E-state index in [9.17, 15) is 0 Å². The second-order valence-corrected chi connectivity index (χ2v) is 4.58. The normalized spacial score (nSPS) is 11.1. The lowest BCUT2D eigenvalue weighted by molar-refractivity contribution is 0.881. The molecule has 0 unspecified atom stereocenters. The van der Waals surface area contributed by atoms with Gasteiger partial charge in [0.25, 0.3) is 0 Å². The second kappa shape index (κ2) is 4.86. The van der Waals surface area contributed by atoms with Gasteiger partial charge in [-0.15, -0.1) is 0 Å².